The average molecular weight is 405 g/mol. The van der Waals surface area contributed by atoms with Crippen LogP contribution in [0.2, 0.25) is 0 Å². The fraction of sp³-hybridized carbons (Fsp3) is 0.167. The van der Waals surface area contributed by atoms with Crippen molar-refractivity contribution in [2.24, 2.45) is 0 Å². The van der Waals surface area contributed by atoms with Crippen molar-refractivity contribution < 1.29 is 19.1 Å². The molecule has 2 rings (SSSR count). The SMILES string of the molecule is CC(=O)Nc1ccc(NC(=O)[C@H](C)OC(=O)c2ccccc2Br)cc1. The molecule has 0 fully saturated rings. The highest BCUT2D eigenvalue weighted by Crippen LogP contribution is 2.18. The predicted molar refractivity (Wildman–Crippen MR) is 98.4 cm³/mol. The molecular weight excluding hydrogens is 388 g/mol. The number of ether oxygens (including phenoxy) is 1. The Balaban J connectivity index is 1.95. The molecule has 0 aromatic heterocycles. The van der Waals surface area contributed by atoms with E-state index in [1.807, 2.05) is 0 Å². The number of halogens is 1. The molecule has 0 radical (unpaired) electrons. The minimum Gasteiger partial charge on any atom is -0.449 e. The van der Waals surface area contributed by atoms with Crippen LogP contribution < -0.4 is 10.6 Å². The molecule has 2 aromatic rings. The van der Waals surface area contributed by atoms with E-state index in [2.05, 4.69) is 26.6 Å². The van der Waals surface area contributed by atoms with Gasteiger partial charge in [-0.15, -0.1) is 0 Å². The van der Waals surface area contributed by atoms with Gasteiger partial charge in [0, 0.05) is 22.8 Å². The lowest BCUT2D eigenvalue weighted by Gasteiger charge is -2.14. The van der Waals surface area contributed by atoms with Gasteiger partial charge in [0.2, 0.25) is 5.91 Å². The van der Waals surface area contributed by atoms with Crippen LogP contribution >= 0.6 is 15.9 Å². The van der Waals surface area contributed by atoms with Crippen molar-refractivity contribution in [3.63, 3.8) is 0 Å². The van der Waals surface area contributed by atoms with E-state index in [4.69, 9.17) is 4.74 Å². The summed E-state index contributed by atoms with van der Waals surface area (Å²) in [6, 6.07) is 13.4. The predicted octanol–water partition coefficient (Wildman–Crippen LogP) is 3.59. The molecule has 0 aliphatic heterocycles. The summed E-state index contributed by atoms with van der Waals surface area (Å²) >= 11 is 3.27. The molecule has 0 saturated heterocycles. The minimum atomic E-state index is -0.963. The van der Waals surface area contributed by atoms with E-state index < -0.39 is 18.0 Å². The van der Waals surface area contributed by atoms with Crippen LogP contribution in [0.3, 0.4) is 0 Å². The van der Waals surface area contributed by atoms with Crippen molar-refractivity contribution in [1.82, 2.24) is 0 Å². The lowest BCUT2D eigenvalue weighted by molar-refractivity contribution is -0.123. The number of carbonyl (C=O) groups is 3. The van der Waals surface area contributed by atoms with Crippen LogP contribution in [0.15, 0.2) is 53.0 Å². The van der Waals surface area contributed by atoms with Crippen LogP contribution in [0.4, 0.5) is 11.4 Å². The first-order chi connectivity index (χ1) is 11.9. The van der Waals surface area contributed by atoms with E-state index in [1.165, 1.54) is 13.8 Å². The number of rotatable bonds is 5. The zero-order valence-corrected chi connectivity index (χ0v) is 15.3. The van der Waals surface area contributed by atoms with Crippen LogP contribution in [0.25, 0.3) is 0 Å². The van der Waals surface area contributed by atoms with Gasteiger partial charge in [-0.3, -0.25) is 9.59 Å². The molecule has 6 nitrogen and oxygen atoms in total. The maximum Gasteiger partial charge on any atom is 0.340 e. The topological polar surface area (TPSA) is 84.5 Å². The summed E-state index contributed by atoms with van der Waals surface area (Å²) in [6.45, 7) is 2.91. The van der Waals surface area contributed by atoms with Crippen molar-refractivity contribution in [3.8, 4) is 0 Å². The average Bonchev–Trinajstić information content (AvgIpc) is 2.56. The summed E-state index contributed by atoms with van der Waals surface area (Å²) in [5.74, 6) is -1.21. The Morgan fingerprint density at radius 3 is 2.08 bits per heavy atom. The zero-order valence-electron chi connectivity index (χ0n) is 13.7. The van der Waals surface area contributed by atoms with Gasteiger partial charge in [-0.05, 0) is 59.3 Å². The third-order valence-corrected chi connectivity index (χ3v) is 3.91. The molecule has 2 N–H and O–H groups in total. The summed E-state index contributed by atoms with van der Waals surface area (Å²) < 4.78 is 5.79. The number of benzene rings is 2. The van der Waals surface area contributed by atoms with Crippen molar-refractivity contribution >= 4 is 45.1 Å². The lowest BCUT2D eigenvalue weighted by atomic mass is 10.2. The standard InChI is InChI=1S/C18H17BrN2O4/c1-11(25-18(24)15-5-3-4-6-16(15)19)17(23)21-14-9-7-13(8-10-14)20-12(2)22/h3-11H,1-2H3,(H,20,22)(H,21,23)/t11-/m0/s1. The lowest BCUT2D eigenvalue weighted by Crippen LogP contribution is -2.30. The monoisotopic (exact) mass is 404 g/mol. The summed E-state index contributed by atoms with van der Waals surface area (Å²) in [5, 5.41) is 5.29. The summed E-state index contributed by atoms with van der Waals surface area (Å²) in [7, 11) is 0. The number of hydrogen-bond acceptors (Lipinski definition) is 4. The van der Waals surface area contributed by atoms with Gasteiger partial charge in [-0.1, -0.05) is 12.1 Å². The second kappa shape index (κ2) is 8.43. The van der Waals surface area contributed by atoms with Crippen LogP contribution in [-0.2, 0) is 14.3 Å². The van der Waals surface area contributed by atoms with Gasteiger partial charge >= 0.3 is 5.97 Å². The second-order valence-corrected chi connectivity index (χ2v) is 6.13. The number of esters is 1. The van der Waals surface area contributed by atoms with E-state index >= 15 is 0 Å². The number of amides is 2. The molecule has 0 aliphatic carbocycles. The molecule has 0 saturated carbocycles. The third-order valence-electron chi connectivity index (χ3n) is 3.22. The molecule has 0 unspecified atom stereocenters. The Labute approximate surface area is 153 Å². The van der Waals surface area contributed by atoms with Crippen molar-refractivity contribution in [3.05, 3.63) is 58.6 Å². The molecular formula is C18H17BrN2O4. The third kappa shape index (κ3) is 5.42. The normalized spacial score (nSPS) is 11.3. The van der Waals surface area contributed by atoms with Gasteiger partial charge in [-0.2, -0.15) is 0 Å². The second-order valence-electron chi connectivity index (χ2n) is 5.28. The molecule has 2 amide bonds. The molecule has 0 bridgehead atoms. The maximum absolute atomic E-state index is 12.2. The highest BCUT2D eigenvalue weighted by molar-refractivity contribution is 9.10. The molecule has 7 heteroatoms. The van der Waals surface area contributed by atoms with Gasteiger partial charge < -0.3 is 15.4 Å². The minimum absolute atomic E-state index is 0.176. The first-order valence-electron chi connectivity index (χ1n) is 7.51. The first-order valence-corrected chi connectivity index (χ1v) is 8.30. The van der Waals surface area contributed by atoms with E-state index in [-0.39, 0.29) is 5.91 Å². The molecule has 0 spiro atoms. The quantitative estimate of drug-likeness (QED) is 0.745. The summed E-state index contributed by atoms with van der Waals surface area (Å²) in [6.07, 6.45) is -0.963. The molecule has 1 atom stereocenters. The van der Waals surface area contributed by atoms with Gasteiger partial charge in [0.05, 0.1) is 5.56 Å². The van der Waals surface area contributed by atoms with Crippen LogP contribution in [0, 0.1) is 0 Å². The first kappa shape index (κ1) is 18.7. The zero-order chi connectivity index (χ0) is 18.4. The number of carbonyl (C=O) groups excluding carboxylic acids is 3. The maximum atomic E-state index is 12.2. The molecule has 2 aromatic carbocycles. The Hall–Kier alpha value is -2.67. The number of anilines is 2. The van der Waals surface area contributed by atoms with E-state index in [0.29, 0.717) is 21.4 Å². The number of hydrogen-bond donors (Lipinski definition) is 2. The van der Waals surface area contributed by atoms with Crippen LogP contribution in [-0.4, -0.2) is 23.9 Å². The van der Waals surface area contributed by atoms with Crippen molar-refractivity contribution in [2.75, 3.05) is 10.6 Å². The highest BCUT2D eigenvalue weighted by Gasteiger charge is 2.20. The fourth-order valence-corrected chi connectivity index (χ4v) is 2.44. The van der Waals surface area contributed by atoms with Crippen LogP contribution in [0.1, 0.15) is 24.2 Å². The van der Waals surface area contributed by atoms with Crippen molar-refractivity contribution in [1.29, 1.82) is 0 Å². The Kier molecular flexibility index (Phi) is 6.30. The van der Waals surface area contributed by atoms with E-state index in [9.17, 15) is 14.4 Å². The fourth-order valence-electron chi connectivity index (χ4n) is 1.99. The van der Waals surface area contributed by atoms with Gasteiger partial charge in [-0.25, -0.2) is 4.79 Å². The largest absolute Gasteiger partial charge is 0.449 e. The summed E-state index contributed by atoms with van der Waals surface area (Å²) in [5.41, 5.74) is 1.50. The van der Waals surface area contributed by atoms with E-state index in [0.717, 1.165) is 0 Å². The van der Waals surface area contributed by atoms with Gasteiger partial charge in [0.25, 0.3) is 5.91 Å². The Morgan fingerprint density at radius 1 is 0.960 bits per heavy atom. The smallest absolute Gasteiger partial charge is 0.340 e. The van der Waals surface area contributed by atoms with E-state index in [1.54, 1.807) is 48.5 Å². The van der Waals surface area contributed by atoms with Crippen molar-refractivity contribution in [2.45, 2.75) is 20.0 Å². The Morgan fingerprint density at radius 2 is 1.52 bits per heavy atom. The van der Waals surface area contributed by atoms with Gasteiger partial charge in [0.1, 0.15) is 0 Å². The molecule has 0 heterocycles. The summed E-state index contributed by atoms with van der Waals surface area (Å²) in [4.78, 5) is 35.2. The highest BCUT2D eigenvalue weighted by atomic mass is 79.9. The molecule has 130 valence electrons. The van der Waals surface area contributed by atoms with Crippen LogP contribution in [0.5, 0.6) is 0 Å². The molecule has 0 aliphatic rings. The molecule has 25 heavy (non-hydrogen) atoms. The van der Waals surface area contributed by atoms with Gasteiger partial charge in [0.15, 0.2) is 6.10 Å². The number of nitrogens with one attached hydrogen (secondary N) is 2. The Bertz CT molecular complexity index is 790.